The summed E-state index contributed by atoms with van der Waals surface area (Å²) in [5, 5.41) is 9.96. The molecule has 0 bridgehead atoms. The minimum Gasteiger partial charge on any atom is -0.398 e. The van der Waals surface area contributed by atoms with Gasteiger partial charge in [0.2, 0.25) is 0 Å². The normalized spacial score (nSPS) is 18.2. The quantitative estimate of drug-likeness (QED) is 0.634. The number of pyridine rings is 1. The number of carbonyl (C=O) groups is 1. The van der Waals surface area contributed by atoms with Gasteiger partial charge in [0.15, 0.2) is 0 Å². The van der Waals surface area contributed by atoms with Gasteiger partial charge in [-0.05, 0) is 36.8 Å². The van der Waals surface area contributed by atoms with E-state index < -0.39 is 6.17 Å². The lowest BCUT2D eigenvalue weighted by atomic mass is 10.1. The number of aromatic nitrogens is 2. The Morgan fingerprint density at radius 3 is 2.84 bits per heavy atom. The molecule has 2 aliphatic heterocycles. The van der Waals surface area contributed by atoms with Crippen LogP contribution in [0.1, 0.15) is 27.3 Å². The Labute approximate surface area is 182 Å². The van der Waals surface area contributed by atoms with E-state index in [2.05, 4.69) is 16.0 Å². The summed E-state index contributed by atoms with van der Waals surface area (Å²) in [6.07, 6.45) is 2.09. The number of nitrogen functional groups attached to an aromatic ring is 1. The molecule has 0 radical (unpaired) electrons. The van der Waals surface area contributed by atoms with Gasteiger partial charge in [0.25, 0.3) is 5.91 Å². The maximum absolute atomic E-state index is 13.5. The molecule has 1 saturated heterocycles. The molecule has 1 aromatic carbocycles. The number of hydrogen-bond donors (Lipinski definition) is 1. The molecule has 3 aromatic rings. The maximum atomic E-state index is 13.5. The molecule has 7 nitrogen and oxygen atoms in total. The van der Waals surface area contributed by atoms with E-state index in [1.807, 2.05) is 17.0 Å². The van der Waals surface area contributed by atoms with Crippen molar-refractivity contribution in [2.24, 2.45) is 0 Å². The molecule has 156 valence electrons. The molecule has 2 aromatic heterocycles. The summed E-state index contributed by atoms with van der Waals surface area (Å²) >= 11 is 1.34. The Morgan fingerprint density at radius 1 is 1.26 bits per heavy atom. The highest BCUT2D eigenvalue weighted by Crippen LogP contribution is 2.34. The van der Waals surface area contributed by atoms with Gasteiger partial charge in [0.1, 0.15) is 27.9 Å². The van der Waals surface area contributed by atoms with Crippen molar-refractivity contribution in [1.82, 2.24) is 9.97 Å². The van der Waals surface area contributed by atoms with Crippen LogP contribution in [0.25, 0.3) is 10.6 Å². The molecule has 5 rings (SSSR count). The number of carbonyl (C=O) groups excluding carboxylic acids is 1. The standard InChI is InChI=1S/C22H19FN6OS/c23-15-5-7-28(12-15)19-4-1-13(11-26-19)21-27-18-6-8-29(22(30)20(18)31-21)16-2-3-17(25)14(9-16)10-24/h1-4,9,11,15H,5-8,12,25H2/t15-/m1/s1. The average molecular weight is 435 g/mol. The minimum atomic E-state index is -0.800. The smallest absolute Gasteiger partial charge is 0.270 e. The third-order valence-electron chi connectivity index (χ3n) is 5.63. The number of nitriles is 1. The summed E-state index contributed by atoms with van der Waals surface area (Å²) in [4.78, 5) is 26.5. The zero-order chi connectivity index (χ0) is 21.5. The number of fused-ring (bicyclic) bond motifs is 1. The van der Waals surface area contributed by atoms with Gasteiger partial charge in [0.05, 0.1) is 17.8 Å². The van der Waals surface area contributed by atoms with Gasteiger partial charge >= 0.3 is 0 Å². The molecule has 0 aliphatic carbocycles. The number of anilines is 3. The van der Waals surface area contributed by atoms with E-state index in [1.54, 1.807) is 29.3 Å². The molecular weight excluding hydrogens is 415 g/mol. The van der Waals surface area contributed by atoms with Gasteiger partial charge < -0.3 is 15.5 Å². The first-order valence-electron chi connectivity index (χ1n) is 10.00. The number of rotatable bonds is 3. The van der Waals surface area contributed by atoms with Crippen molar-refractivity contribution in [3.8, 4) is 16.6 Å². The van der Waals surface area contributed by atoms with Crippen LogP contribution in [0.4, 0.5) is 21.6 Å². The summed E-state index contributed by atoms with van der Waals surface area (Å²) in [5.74, 6) is 0.624. The zero-order valence-corrected chi connectivity index (χ0v) is 17.4. The lowest BCUT2D eigenvalue weighted by Gasteiger charge is -2.26. The monoisotopic (exact) mass is 434 g/mol. The largest absolute Gasteiger partial charge is 0.398 e. The van der Waals surface area contributed by atoms with E-state index in [4.69, 9.17) is 5.73 Å². The molecule has 1 atom stereocenters. The van der Waals surface area contributed by atoms with Crippen LogP contribution in [0.5, 0.6) is 0 Å². The van der Waals surface area contributed by atoms with E-state index in [1.165, 1.54) is 11.3 Å². The average Bonchev–Trinajstić information content (AvgIpc) is 3.42. The molecule has 1 fully saturated rings. The van der Waals surface area contributed by atoms with E-state index in [0.717, 1.165) is 22.1 Å². The van der Waals surface area contributed by atoms with Crippen LogP contribution in [0.15, 0.2) is 36.5 Å². The van der Waals surface area contributed by atoms with Crippen LogP contribution < -0.4 is 15.5 Å². The van der Waals surface area contributed by atoms with Crippen molar-refractivity contribution >= 4 is 34.4 Å². The van der Waals surface area contributed by atoms with Gasteiger partial charge in [0, 0.05) is 42.6 Å². The van der Waals surface area contributed by atoms with Crippen LogP contribution in [0.3, 0.4) is 0 Å². The lowest BCUT2D eigenvalue weighted by Crippen LogP contribution is -2.37. The van der Waals surface area contributed by atoms with Gasteiger partial charge in [-0.15, -0.1) is 11.3 Å². The summed E-state index contributed by atoms with van der Waals surface area (Å²) in [7, 11) is 0. The first-order chi connectivity index (χ1) is 15.0. The fourth-order valence-corrected chi connectivity index (χ4v) is 4.99. The van der Waals surface area contributed by atoms with Crippen molar-refractivity contribution in [3.63, 3.8) is 0 Å². The second kappa shape index (κ2) is 7.63. The second-order valence-corrected chi connectivity index (χ2v) is 8.62. The summed E-state index contributed by atoms with van der Waals surface area (Å²) in [6, 6.07) is 10.9. The summed E-state index contributed by atoms with van der Waals surface area (Å²) in [5.41, 5.74) is 8.81. The minimum absolute atomic E-state index is 0.130. The van der Waals surface area contributed by atoms with Crippen molar-refractivity contribution in [1.29, 1.82) is 5.26 Å². The number of nitrogens with zero attached hydrogens (tertiary/aromatic N) is 5. The summed E-state index contributed by atoms with van der Waals surface area (Å²) < 4.78 is 13.5. The highest BCUT2D eigenvalue weighted by Gasteiger charge is 2.30. The molecule has 0 saturated carbocycles. The number of hydrogen-bond acceptors (Lipinski definition) is 7. The molecule has 2 N–H and O–H groups in total. The number of benzene rings is 1. The highest BCUT2D eigenvalue weighted by atomic mass is 32.1. The topological polar surface area (TPSA) is 99.1 Å². The third-order valence-corrected chi connectivity index (χ3v) is 6.76. The van der Waals surface area contributed by atoms with Gasteiger partial charge in [-0.3, -0.25) is 4.79 Å². The van der Waals surface area contributed by atoms with E-state index >= 15 is 0 Å². The Kier molecular flexibility index (Phi) is 4.79. The second-order valence-electron chi connectivity index (χ2n) is 7.62. The fourth-order valence-electron chi connectivity index (χ4n) is 3.93. The van der Waals surface area contributed by atoms with Crippen LogP contribution >= 0.6 is 11.3 Å². The number of halogens is 1. The first-order valence-corrected chi connectivity index (χ1v) is 10.8. The molecule has 2 aliphatic rings. The van der Waals surface area contributed by atoms with Crippen LogP contribution in [-0.4, -0.2) is 41.7 Å². The SMILES string of the molecule is N#Cc1cc(N2CCc3nc(-c4ccc(N5CC[C@@H](F)C5)nc4)sc3C2=O)ccc1N. The molecule has 4 heterocycles. The number of alkyl halides is 1. The maximum Gasteiger partial charge on any atom is 0.270 e. The van der Waals surface area contributed by atoms with Crippen LogP contribution in [0, 0.1) is 11.3 Å². The van der Waals surface area contributed by atoms with Crippen LogP contribution in [-0.2, 0) is 6.42 Å². The molecule has 0 spiro atoms. The highest BCUT2D eigenvalue weighted by molar-refractivity contribution is 7.17. The Morgan fingerprint density at radius 2 is 2.13 bits per heavy atom. The molecule has 9 heteroatoms. The third kappa shape index (κ3) is 3.49. The summed E-state index contributed by atoms with van der Waals surface area (Å²) in [6.45, 7) is 1.53. The van der Waals surface area contributed by atoms with Gasteiger partial charge in [-0.1, -0.05) is 0 Å². The molecule has 31 heavy (non-hydrogen) atoms. The van der Waals surface area contributed by atoms with Crippen molar-refractivity contribution in [2.45, 2.75) is 19.0 Å². The molecule has 0 unspecified atom stereocenters. The lowest BCUT2D eigenvalue weighted by molar-refractivity contribution is 0.0984. The first kappa shape index (κ1) is 19.5. The Hall–Kier alpha value is -3.51. The van der Waals surface area contributed by atoms with Crippen molar-refractivity contribution in [2.75, 3.05) is 35.2 Å². The molecular formula is C22H19FN6OS. The molecule has 1 amide bonds. The predicted octanol–water partition coefficient (Wildman–Crippen LogP) is 3.41. The fraction of sp³-hybridized carbons (Fsp3) is 0.273. The number of amides is 1. The van der Waals surface area contributed by atoms with E-state index in [0.29, 0.717) is 54.3 Å². The Balaban J connectivity index is 1.39. The number of nitrogens with two attached hydrogens (primary N) is 1. The van der Waals surface area contributed by atoms with E-state index in [-0.39, 0.29) is 5.91 Å². The zero-order valence-electron chi connectivity index (χ0n) is 16.6. The van der Waals surface area contributed by atoms with Crippen molar-refractivity contribution < 1.29 is 9.18 Å². The van der Waals surface area contributed by atoms with E-state index in [9.17, 15) is 14.4 Å². The van der Waals surface area contributed by atoms with Crippen molar-refractivity contribution in [3.05, 3.63) is 52.7 Å². The van der Waals surface area contributed by atoms with Gasteiger partial charge in [-0.2, -0.15) is 5.26 Å². The Bertz CT molecular complexity index is 1200. The van der Waals surface area contributed by atoms with Gasteiger partial charge in [-0.25, -0.2) is 14.4 Å². The van der Waals surface area contributed by atoms with Crippen LogP contribution in [0.2, 0.25) is 0 Å². The predicted molar refractivity (Wildman–Crippen MR) is 118 cm³/mol. The number of thiazole rings is 1.